The lowest BCUT2D eigenvalue weighted by Gasteiger charge is -2.43. The molecule has 2 aliphatic heterocycles. The minimum Gasteiger partial charge on any atom is -0.381 e. The number of ether oxygens (including phenoxy) is 1. The van der Waals surface area contributed by atoms with Crippen molar-refractivity contribution in [3.63, 3.8) is 0 Å². The predicted molar refractivity (Wildman–Crippen MR) is 93.0 cm³/mol. The van der Waals surface area contributed by atoms with Gasteiger partial charge < -0.3 is 9.64 Å². The third kappa shape index (κ3) is 3.07. The van der Waals surface area contributed by atoms with Gasteiger partial charge in [0, 0.05) is 38.4 Å². The van der Waals surface area contributed by atoms with Crippen LogP contribution in [-0.2, 0) is 4.74 Å². The summed E-state index contributed by atoms with van der Waals surface area (Å²) in [6.45, 7) is 4.03. The van der Waals surface area contributed by atoms with Gasteiger partial charge in [-0.05, 0) is 48.2 Å². The fourth-order valence-corrected chi connectivity index (χ4v) is 4.64. The lowest BCUT2D eigenvalue weighted by Crippen LogP contribution is -2.50. The summed E-state index contributed by atoms with van der Waals surface area (Å²) in [5.41, 5.74) is 0.917. The number of thiophene rings is 1. The first kappa shape index (κ1) is 16.6. The Morgan fingerprint density at radius 2 is 2.08 bits per heavy atom. The molecule has 1 spiro atoms. The Labute approximate surface area is 150 Å². The topological polar surface area (TPSA) is 76.4 Å². The number of hydrogen-bond acceptors (Lipinski definition) is 7. The standard InChI is InChI=1S/C16H22N6O2S/c1-20-7-8-21(6-3-16(20)4-9-24-10-5-16)15(23)14-13(2-11-25-14)22-12-17-18-19-22/h2,11-12H,3-10H2,1H3. The smallest absolute Gasteiger partial charge is 0.266 e. The van der Waals surface area contributed by atoms with Crippen molar-refractivity contribution >= 4 is 17.2 Å². The van der Waals surface area contributed by atoms with E-state index in [0.29, 0.717) is 4.88 Å². The molecule has 2 saturated heterocycles. The first-order valence-corrected chi connectivity index (χ1v) is 9.47. The molecular formula is C16H22N6O2S. The van der Waals surface area contributed by atoms with Crippen LogP contribution in [-0.4, -0.2) is 81.3 Å². The van der Waals surface area contributed by atoms with E-state index in [1.165, 1.54) is 17.7 Å². The first-order chi connectivity index (χ1) is 12.2. The van der Waals surface area contributed by atoms with Crippen LogP contribution >= 0.6 is 11.3 Å². The summed E-state index contributed by atoms with van der Waals surface area (Å²) in [5, 5.41) is 13.2. The van der Waals surface area contributed by atoms with Gasteiger partial charge in [-0.25, -0.2) is 0 Å². The molecule has 0 N–H and O–H groups in total. The number of carbonyl (C=O) groups is 1. The van der Waals surface area contributed by atoms with Gasteiger partial charge in [0.05, 0.1) is 5.69 Å². The molecule has 25 heavy (non-hydrogen) atoms. The number of tetrazole rings is 1. The average Bonchev–Trinajstić information content (AvgIpc) is 3.30. The highest BCUT2D eigenvalue weighted by atomic mass is 32.1. The third-order valence-electron chi connectivity index (χ3n) is 5.51. The fraction of sp³-hybridized carbons (Fsp3) is 0.625. The second kappa shape index (κ2) is 6.81. The summed E-state index contributed by atoms with van der Waals surface area (Å²) < 4.78 is 7.10. The number of likely N-dealkylation sites (N-methyl/N-ethyl adjacent to an activating group) is 1. The van der Waals surface area contributed by atoms with Gasteiger partial charge in [0.1, 0.15) is 11.2 Å². The van der Waals surface area contributed by atoms with E-state index < -0.39 is 0 Å². The van der Waals surface area contributed by atoms with E-state index in [0.717, 1.165) is 57.8 Å². The van der Waals surface area contributed by atoms with Crippen LogP contribution in [0.25, 0.3) is 5.69 Å². The zero-order valence-electron chi connectivity index (χ0n) is 14.3. The summed E-state index contributed by atoms with van der Waals surface area (Å²) in [4.78, 5) is 18.2. The van der Waals surface area contributed by atoms with Gasteiger partial charge in [-0.3, -0.25) is 9.69 Å². The lowest BCUT2D eigenvalue weighted by atomic mass is 9.85. The van der Waals surface area contributed by atoms with Gasteiger partial charge in [-0.15, -0.1) is 16.4 Å². The third-order valence-corrected chi connectivity index (χ3v) is 6.40. The number of nitrogens with zero attached hydrogens (tertiary/aromatic N) is 6. The molecule has 0 atom stereocenters. The van der Waals surface area contributed by atoms with Gasteiger partial charge in [-0.1, -0.05) is 0 Å². The Bertz CT molecular complexity index is 725. The van der Waals surface area contributed by atoms with Crippen molar-refractivity contribution < 1.29 is 9.53 Å². The average molecular weight is 362 g/mol. The Hall–Kier alpha value is -1.84. The van der Waals surface area contributed by atoms with Crippen LogP contribution in [0.1, 0.15) is 28.9 Å². The number of amides is 1. The number of hydrogen-bond donors (Lipinski definition) is 0. The highest BCUT2D eigenvalue weighted by Crippen LogP contribution is 2.33. The molecule has 0 bridgehead atoms. The second-order valence-electron chi connectivity index (χ2n) is 6.69. The molecule has 1 amide bonds. The normalized spacial score (nSPS) is 21.4. The Balaban J connectivity index is 1.53. The summed E-state index contributed by atoms with van der Waals surface area (Å²) in [7, 11) is 2.18. The van der Waals surface area contributed by atoms with E-state index in [4.69, 9.17) is 4.74 Å². The summed E-state index contributed by atoms with van der Waals surface area (Å²) in [6.07, 6.45) is 4.59. The van der Waals surface area contributed by atoms with Crippen molar-refractivity contribution in [1.82, 2.24) is 30.0 Å². The zero-order chi connectivity index (χ0) is 17.3. The number of carbonyl (C=O) groups excluding carboxylic acids is 1. The molecule has 0 saturated carbocycles. The highest BCUT2D eigenvalue weighted by molar-refractivity contribution is 7.12. The molecule has 0 radical (unpaired) electrons. The maximum absolute atomic E-state index is 13.1. The molecule has 4 rings (SSSR count). The van der Waals surface area contributed by atoms with Gasteiger partial charge in [0.2, 0.25) is 0 Å². The molecule has 2 aromatic heterocycles. The van der Waals surface area contributed by atoms with Gasteiger partial charge in [0.25, 0.3) is 5.91 Å². The molecule has 134 valence electrons. The van der Waals surface area contributed by atoms with Crippen molar-refractivity contribution in [3.05, 3.63) is 22.7 Å². The van der Waals surface area contributed by atoms with Crippen LogP contribution in [0, 0.1) is 0 Å². The molecule has 0 unspecified atom stereocenters. The summed E-state index contributed by atoms with van der Waals surface area (Å²) in [5.74, 6) is 0.0676. The molecule has 2 fully saturated rings. The van der Waals surface area contributed by atoms with E-state index in [1.54, 1.807) is 4.68 Å². The van der Waals surface area contributed by atoms with Crippen molar-refractivity contribution in [1.29, 1.82) is 0 Å². The maximum Gasteiger partial charge on any atom is 0.266 e. The molecule has 2 aromatic rings. The van der Waals surface area contributed by atoms with Crippen LogP contribution in [0.15, 0.2) is 17.8 Å². The van der Waals surface area contributed by atoms with Gasteiger partial charge in [0.15, 0.2) is 0 Å². The fourth-order valence-electron chi connectivity index (χ4n) is 3.80. The molecule has 9 heteroatoms. The number of aromatic nitrogens is 4. The summed E-state index contributed by atoms with van der Waals surface area (Å²) >= 11 is 1.44. The summed E-state index contributed by atoms with van der Waals surface area (Å²) in [6, 6.07) is 1.89. The lowest BCUT2D eigenvalue weighted by molar-refractivity contribution is -0.0158. The molecular weight excluding hydrogens is 340 g/mol. The highest BCUT2D eigenvalue weighted by Gasteiger charge is 2.39. The van der Waals surface area contributed by atoms with Crippen molar-refractivity contribution in [2.24, 2.45) is 0 Å². The maximum atomic E-state index is 13.1. The van der Waals surface area contributed by atoms with Crippen molar-refractivity contribution in [2.45, 2.75) is 24.8 Å². The molecule has 0 aromatic carbocycles. The van der Waals surface area contributed by atoms with Crippen LogP contribution in [0.3, 0.4) is 0 Å². The van der Waals surface area contributed by atoms with E-state index >= 15 is 0 Å². The van der Waals surface area contributed by atoms with E-state index in [1.807, 2.05) is 16.3 Å². The monoisotopic (exact) mass is 362 g/mol. The SMILES string of the molecule is CN1CCN(C(=O)c2sccc2-n2cnnn2)CCC12CCOCC2. The van der Waals surface area contributed by atoms with E-state index in [-0.39, 0.29) is 11.4 Å². The zero-order valence-corrected chi connectivity index (χ0v) is 15.1. The molecule has 2 aliphatic rings. The Kier molecular flexibility index (Phi) is 4.53. The Morgan fingerprint density at radius 3 is 2.84 bits per heavy atom. The molecule has 4 heterocycles. The van der Waals surface area contributed by atoms with Crippen molar-refractivity contribution in [3.8, 4) is 5.69 Å². The largest absolute Gasteiger partial charge is 0.381 e. The van der Waals surface area contributed by atoms with Gasteiger partial charge in [-0.2, -0.15) is 4.68 Å². The first-order valence-electron chi connectivity index (χ1n) is 8.59. The van der Waals surface area contributed by atoms with Crippen LogP contribution in [0.5, 0.6) is 0 Å². The van der Waals surface area contributed by atoms with Crippen LogP contribution in [0.4, 0.5) is 0 Å². The van der Waals surface area contributed by atoms with Crippen LogP contribution in [0.2, 0.25) is 0 Å². The Morgan fingerprint density at radius 1 is 1.24 bits per heavy atom. The predicted octanol–water partition coefficient (Wildman–Crippen LogP) is 1.05. The van der Waals surface area contributed by atoms with E-state index in [2.05, 4.69) is 27.5 Å². The quantitative estimate of drug-likeness (QED) is 0.795. The molecule has 8 nitrogen and oxygen atoms in total. The van der Waals surface area contributed by atoms with Crippen molar-refractivity contribution in [2.75, 3.05) is 39.9 Å². The van der Waals surface area contributed by atoms with Crippen LogP contribution < -0.4 is 0 Å². The van der Waals surface area contributed by atoms with E-state index in [9.17, 15) is 4.79 Å². The minimum absolute atomic E-state index is 0.0676. The molecule has 0 aliphatic carbocycles. The second-order valence-corrected chi connectivity index (χ2v) is 7.61. The van der Waals surface area contributed by atoms with Gasteiger partial charge >= 0.3 is 0 Å². The minimum atomic E-state index is 0.0676. The number of rotatable bonds is 2.